The first-order chi connectivity index (χ1) is 7.18. The Labute approximate surface area is 89.0 Å². The molecule has 1 aromatic rings. The van der Waals surface area contributed by atoms with Crippen LogP contribution in [0.2, 0.25) is 0 Å². The standard InChI is InChI=1S/C10H17N3O2/c1-3-8-12-9(13-15-8)10(11)5-7(6-10)14-4-2/h7H,3-6,11H2,1-2H3. The SMILES string of the molecule is CCOC1CC(N)(c2noc(CC)n2)C1. The number of aromatic nitrogens is 2. The van der Waals surface area contributed by atoms with Crippen LogP contribution in [0.15, 0.2) is 4.52 Å². The molecule has 2 N–H and O–H groups in total. The van der Waals surface area contributed by atoms with Gasteiger partial charge in [0.25, 0.3) is 0 Å². The zero-order chi connectivity index (χ0) is 10.9. The Morgan fingerprint density at radius 3 is 2.80 bits per heavy atom. The first-order valence-corrected chi connectivity index (χ1v) is 5.41. The van der Waals surface area contributed by atoms with Crippen LogP contribution < -0.4 is 5.73 Å². The maximum absolute atomic E-state index is 6.15. The average Bonchev–Trinajstić information content (AvgIpc) is 2.64. The van der Waals surface area contributed by atoms with E-state index in [4.69, 9.17) is 15.0 Å². The van der Waals surface area contributed by atoms with Crippen molar-refractivity contribution >= 4 is 0 Å². The van der Waals surface area contributed by atoms with Crippen LogP contribution >= 0.6 is 0 Å². The van der Waals surface area contributed by atoms with Crippen molar-refractivity contribution in [1.82, 2.24) is 10.1 Å². The van der Waals surface area contributed by atoms with Gasteiger partial charge in [-0.05, 0) is 19.8 Å². The molecule has 0 radical (unpaired) electrons. The van der Waals surface area contributed by atoms with E-state index in [2.05, 4.69) is 10.1 Å². The molecule has 1 aliphatic rings. The first kappa shape index (κ1) is 10.6. The van der Waals surface area contributed by atoms with Gasteiger partial charge in [-0.2, -0.15) is 4.98 Å². The van der Waals surface area contributed by atoms with Crippen LogP contribution in [-0.2, 0) is 16.7 Å². The van der Waals surface area contributed by atoms with E-state index in [1.165, 1.54) is 0 Å². The molecule has 1 aromatic heterocycles. The number of hydrogen-bond acceptors (Lipinski definition) is 5. The molecule has 2 rings (SSSR count). The molecule has 5 nitrogen and oxygen atoms in total. The van der Waals surface area contributed by atoms with Crippen molar-refractivity contribution in [3.05, 3.63) is 11.7 Å². The Kier molecular flexibility index (Phi) is 2.75. The quantitative estimate of drug-likeness (QED) is 0.803. The maximum Gasteiger partial charge on any atom is 0.226 e. The van der Waals surface area contributed by atoms with Gasteiger partial charge in [0, 0.05) is 13.0 Å². The van der Waals surface area contributed by atoms with Crippen LogP contribution in [-0.4, -0.2) is 22.9 Å². The third-order valence-corrected chi connectivity index (χ3v) is 2.80. The van der Waals surface area contributed by atoms with Gasteiger partial charge in [-0.25, -0.2) is 0 Å². The lowest BCUT2D eigenvalue weighted by atomic mass is 9.74. The minimum absolute atomic E-state index is 0.253. The van der Waals surface area contributed by atoms with E-state index in [1.54, 1.807) is 0 Å². The fraction of sp³-hybridized carbons (Fsp3) is 0.800. The molecule has 1 fully saturated rings. The van der Waals surface area contributed by atoms with Gasteiger partial charge in [0.05, 0.1) is 11.6 Å². The van der Waals surface area contributed by atoms with Gasteiger partial charge in [0.1, 0.15) is 0 Å². The largest absolute Gasteiger partial charge is 0.378 e. The highest BCUT2D eigenvalue weighted by Crippen LogP contribution is 2.39. The Balaban J connectivity index is 2.00. The molecule has 0 atom stereocenters. The van der Waals surface area contributed by atoms with E-state index in [1.807, 2.05) is 13.8 Å². The molecule has 0 spiro atoms. The topological polar surface area (TPSA) is 74.2 Å². The Morgan fingerprint density at radius 2 is 2.27 bits per heavy atom. The van der Waals surface area contributed by atoms with Crippen LogP contribution in [0.4, 0.5) is 0 Å². The third-order valence-electron chi connectivity index (χ3n) is 2.80. The Morgan fingerprint density at radius 1 is 1.53 bits per heavy atom. The lowest BCUT2D eigenvalue weighted by Gasteiger charge is -2.41. The molecular weight excluding hydrogens is 194 g/mol. The molecule has 5 heteroatoms. The molecule has 84 valence electrons. The smallest absolute Gasteiger partial charge is 0.226 e. The number of hydrogen-bond donors (Lipinski definition) is 1. The number of ether oxygens (including phenoxy) is 1. The third kappa shape index (κ3) is 1.89. The van der Waals surface area contributed by atoms with Gasteiger partial charge in [-0.3, -0.25) is 0 Å². The number of nitrogens with two attached hydrogens (primary N) is 1. The molecule has 0 aromatic carbocycles. The minimum Gasteiger partial charge on any atom is -0.378 e. The highest BCUT2D eigenvalue weighted by atomic mass is 16.5. The van der Waals surface area contributed by atoms with Crippen molar-refractivity contribution in [3.8, 4) is 0 Å². The second kappa shape index (κ2) is 3.90. The predicted octanol–water partition coefficient (Wildman–Crippen LogP) is 0.985. The van der Waals surface area contributed by atoms with Crippen molar-refractivity contribution < 1.29 is 9.26 Å². The van der Waals surface area contributed by atoms with Gasteiger partial charge in [-0.15, -0.1) is 0 Å². The van der Waals surface area contributed by atoms with Gasteiger partial charge in [0.15, 0.2) is 5.82 Å². The molecule has 1 aliphatic carbocycles. The van der Waals surface area contributed by atoms with Crippen LogP contribution in [0, 0.1) is 0 Å². The van der Waals surface area contributed by atoms with Crippen LogP contribution in [0.25, 0.3) is 0 Å². The molecular formula is C10H17N3O2. The van der Waals surface area contributed by atoms with Crippen molar-refractivity contribution in [2.24, 2.45) is 5.73 Å². The second-order valence-electron chi connectivity index (χ2n) is 4.01. The lowest BCUT2D eigenvalue weighted by Crippen LogP contribution is -2.53. The minimum atomic E-state index is -0.434. The van der Waals surface area contributed by atoms with Gasteiger partial charge >= 0.3 is 0 Å². The molecule has 0 bridgehead atoms. The van der Waals surface area contributed by atoms with Gasteiger partial charge < -0.3 is 15.0 Å². The summed E-state index contributed by atoms with van der Waals surface area (Å²) in [4.78, 5) is 4.26. The van der Waals surface area contributed by atoms with Crippen LogP contribution in [0.5, 0.6) is 0 Å². The molecule has 1 heterocycles. The van der Waals surface area contributed by atoms with Crippen molar-refractivity contribution in [1.29, 1.82) is 0 Å². The Bertz CT molecular complexity index is 331. The normalized spacial score (nSPS) is 30.2. The summed E-state index contributed by atoms with van der Waals surface area (Å²) < 4.78 is 10.5. The van der Waals surface area contributed by atoms with E-state index in [-0.39, 0.29) is 6.10 Å². The van der Waals surface area contributed by atoms with E-state index in [0.29, 0.717) is 11.7 Å². The summed E-state index contributed by atoms with van der Waals surface area (Å²) in [6.07, 6.45) is 2.56. The summed E-state index contributed by atoms with van der Waals surface area (Å²) in [6, 6.07) is 0. The summed E-state index contributed by atoms with van der Waals surface area (Å²) in [5.41, 5.74) is 5.71. The molecule has 0 unspecified atom stereocenters. The van der Waals surface area contributed by atoms with Crippen molar-refractivity contribution in [2.75, 3.05) is 6.61 Å². The molecule has 0 aliphatic heterocycles. The summed E-state index contributed by atoms with van der Waals surface area (Å²) in [5, 5.41) is 3.91. The average molecular weight is 211 g/mol. The summed E-state index contributed by atoms with van der Waals surface area (Å²) in [6.45, 7) is 4.69. The fourth-order valence-corrected chi connectivity index (χ4v) is 1.89. The highest BCUT2D eigenvalue weighted by Gasteiger charge is 2.46. The monoisotopic (exact) mass is 211 g/mol. The van der Waals surface area contributed by atoms with Gasteiger partial charge in [-0.1, -0.05) is 12.1 Å². The van der Waals surface area contributed by atoms with E-state index in [9.17, 15) is 0 Å². The van der Waals surface area contributed by atoms with Crippen LogP contribution in [0.3, 0.4) is 0 Å². The molecule has 0 saturated heterocycles. The second-order valence-corrected chi connectivity index (χ2v) is 4.01. The lowest BCUT2D eigenvalue weighted by molar-refractivity contribution is -0.0426. The van der Waals surface area contributed by atoms with Gasteiger partial charge in [0.2, 0.25) is 5.89 Å². The Hall–Kier alpha value is -0.940. The van der Waals surface area contributed by atoms with Crippen molar-refractivity contribution in [2.45, 2.75) is 44.8 Å². The zero-order valence-electron chi connectivity index (χ0n) is 9.19. The summed E-state index contributed by atoms with van der Waals surface area (Å²) >= 11 is 0. The first-order valence-electron chi connectivity index (χ1n) is 5.41. The fourth-order valence-electron chi connectivity index (χ4n) is 1.89. The number of nitrogens with zero attached hydrogens (tertiary/aromatic N) is 2. The van der Waals surface area contributed by atoms with Crippen molar-refractivity contribution in [3.63, 3.8) is 0 Å². The predicted molar refractivity (Wildman–Crippen MR) is 54.2 cm³/mol. The summed E-state index contributed by atoms with van der Waals surface area (Å²) in [5.74, 6) is 1.27. The van der Waals surface area contributed by atoms with Crippen LogP contribution in [0.1, 0.15) is 38.4 Å². The molecule has 15 heavy (non-hydrogen) atoms. The molecule has 0 amide bonds. The highest BCUT2D eigenvalue weighted by molar-refractivity contribution is 5.12. The molecule has 1 saturated carbocycles. The summed E-state index contributed by atoms with van der Waals surface area (Å²) in [7, 11) is 0. The number of aryl methyl sites for hydroxylation is 1. The number of rotatable bonds is 4. The van der Waals surface area contributed by atoms with E-state index < -0.39 is 5.54 Å². The van der Waals surface area contributed by atoms with E-state index >= 15 is 0 Å². The zero-order valence-corrected chi connectivity index (χ0v) is 9.19. The maximum atomic E-state index is 6.15. The van der Waals surface area contributed by atoms with E-state index in [0.717, 1.165) is 25.9 Å².